The third-order valence-electron chi connectivity index (χ3n) is 3.79. The highest BCUT2D eigenvalue weighted by Crippen LogP contribution is 2.26. The van der Waals surface area contributed by atoms with Crippen LogP contribution in [0.3, 0.4) is 0 Å². The lowest BCUT2D eigenvalue weighted by molar-refractivity contribution is 0.157. The van der Waals surface area contributed by atoms with Gasteiger partial charge in [-0.3, -0.25) is 4.90 Å². The van der Waals surface area contributed by atoms with Crippen LogP contribution in [0.1, 0.15) is 22.7 Å². The quantitative estimate of drug-likeness (QED) is 0.894. The molecule has 0 amide bonds. The van der Waals surface area contributed by atoms with E-state index < -0.39 is 0 Å². The van der Waals surface area contributed by atoms with Gasteiger partial charge in [0, 0.05) is 36.8 Å². The Morgan fingerprint density at radius 1 is 1.53 bits per heavy atom. The SMILES string of the molecule is Cc1ncc(CN2CCC3NCCC3C2)s1.Cl. The Hall–Kier alpha value is -0.160. The van der Waals surface area contributed by atoms with E-state index in [4.69, 9.17) is 0 Å². The third-order valence-corrected chi connectivity index (χ3v) is 4.69. The highest BCUT2D eigenvalue weighted by molar-refractivity contribution is 7.11. The molecule has 2 saturated heterocycles. The van der Waals surface area contributed by atoms with E-state index >= 15 is 0 Å². The zero-order chi connectivity index (χ0) is 11.0. The average molecular weight is 274 g/mol. The van der Waals surface area contributed by atoms with E-state index in [1.54, 1.807) is 0 Å². The molecule has 2 unspecified atom stereocenters. The second-order valence-electron chi connectivity index (χ2n) is 4.98. The van der Waals surface area contributed by atoms with Crippen LogP contribution < -0.4 is 5.32 Å². The first-order chi connectivity index (χ1) is 7.81. The molecule has 2 atom stereocenters. The van der Waals surface area contributed by atoms with Gasteiger partial charge in [0.15, 0.2) is 0 Å². The van der Waals surface area contributed by atoms with E-state index in [0.29, 0.717) is 0 Å². The molecule has 3 heterocycles. The van der Waals surface area contributed by atoms with Crippen molar-refractivity contribution >= 4 is 23.7 Å². The van der Waals surface area contributed by atoms with Gasteiger partial charge in [-0.2, -0.15) is 0 Å². The summed E-state index contributed by atoms with van der Waals surface area (Å²) in [6, 6.07) is 0.805. The van der Waals surface area contributed by atoms with E-state index in [2.05, 4.69) is 22.1 Å². The molecule has 0 spiro atoms. The fourth-order valence-corrected chi connectivity index (χ4v) is 3.80. The van der Waals surface area contributed by atoms with Crippen LogP contribution in [0.15, 0.2) is 6.20 Å². The second-order valence-corrected chi connectivity index (χ2v) is 6.30. The van der Waals surface area contributed by atoms with Gasteiger partial charge in [0.05, 0.1) is 5.01 Å². The van der Waals surface area contributed by atoms with Crippen LogP contribution in [0, 0.1) is 12.8 Å². The third kappa shape index (κ3) is 2.99. The monoisotopic (exact) mass is 273 g/mol. The van der Waals surface area contributed by atoms with Crippen molar-refractivity contribution < 1.29 is 0 Å². The Morgan fingerprint density at radius 3 is 3.18 bits per heavy atom. The maximum Gasteiger partial charge on any atom is 0.0897 e. The summed E-state index contributed by atoms with van der Waals surface area (Å²) in [6.45, 7) is 6.93. The Morgan fingerprint density at radius 2 is 2.41 bits per heavy atom. The number of hydrogen-bond acceptors (Lipinski definition) is 4. The minimum atomic E-state index is 0. The van der Waals surface area contributed by atoms with Gasteiger partial charge in [0.1, 0.15) is 0 Å². The number of thiazole rings is 1. The highest BCUT2D eigenvalue weighted by atomic mass is 35.5. The molecular formula is C12H20ClN3S. The Balaban J connectivity index is 0.00000108. The van der Waals surface area contributed by atoms with E-state index in [1.165, 1.54) is 42.4 Å². The number of halogens is 1. The Labute approximate surface area is 113 Å². The first-order valence-electron chi connectivity index (χ1n) is 6.18. The maximum atomic E-state index is 4.33. The number of piperidine rings is 1. The Bertz CT molecular complexity index is 368. The molecule has 2 aliphatic heterocycles. The van der Waals surface area contributed by atoms with Gasteiger partial charge in [-0.1, -0.05) is 0 Å². The van der Waals surface area contributed by atoms with Gasteiger partial charge in [0.2, 0.25) is 0 Å². The van der Waals surface area contributed by atoms with Crippen molar-refractivity contribution in [2.75, 3.05) is 19.6 Å². The number of nitrogens with zero attached hydrogens (tertiary/aromatic N) is 2. The molecule has 0 saturated carbocycles. The minimum Gasteiger partial charge on any atom is -0.314 e. The summed E-state index contributed by atoms with van der Waals surface area (Å²) in [5.74, 6) is 0.891. The van der Waals surface area contributed by atoms with Crippen LogP contribution in [0.25, 0.3) is 0 Å². The lowest BCUT2D eigenvalue weighted by Gasteiger charge is -2.34. The number of likely N-dealkylation sites (tertiary alicyclic amines) is 1. The summed E-state index contributed by atoms with van der Waals surface area (Å²) in [4.78, 5) is 8.34. The van der Waals surface area contributed by atoms with Crippen LogP contribution in [-0.2, 0) is 6.54 Å². The number of fused-ring (bicyclic) bond motifs is 1. The van der Waals surface area contributed by atoms with Crippen LogP contribution in [0.2, 0.25) is 0 Å². The molecular weight excluding hydrogens is 254 g/mol. The van der Waals surface area contributed by atoms with Crippen molar-refractivity contribution in [3.63, 3.8) is 0 Å². The first kappa shape index (κ1) is 13.3. The summed E-state index contributed by atoms with van der Waals surface area (Å²) in [6.07, 6.45) is 4.73. The van der Waals surface area contributed by atoms with Gasteiger partial charge in [-0.05, 0) is 32.2 Å². The zero-order valence-corrected chi connectivity index (χ0v) is 11.8. The second kappa shape index (κ2) is 5.65. The largest absolute Gasteiger partial charge is 0.314 e. The fraction of sp³-hybridized carbons (Fsp3) is 0.750. The van der Waals surface area contributed by atoms with Crippen molar-refractivity contribution in [1.29, 1.82) is 0 Å². The molecule has 1 aromatic rings. The van der Waals surface area contributed by atoms with Gasteiger partial charge in [-0.15, -0.1) is 23.7 Å². The molecule has 2 fully saturated rings. The number of hydrogen-bond donors (Lipinski definition) is 1. The number of aryl methyl sites for hydroxylation is 1. The van der Waals surface area contributed by atoms with Crippen LogP contribution in [-0.4, -0.2) is 35.6 Å². The summed E-state index contributed by atoms with van der Waals surface area (Å²) in [5, 5.41) is 4.80. The molecule has 3 rings (SSSR count). The van der Waals surface area contributed by atoms with Gasteiger partial charge in [-0.25, -0.2) is 4.98 Å². The van der Waals surface area contributed by atoms with Crippen molar-refractivity contribution in [2.45, 2.75) is 32.4 Å². The van der Waals surface area contributed by atoms with Crippen LogP contribution >= 0.6 is 23.7 Å². The van der Waals surface area contributed by atoms with E-state index in [-0.39, 0.29) is 12.4 Å². The van der Waals surface area contributed by atoms with Crippen molar-refractivity contribution in [2.24, 2.45) is 5.92 Å². The van der Waals surface area contributed by atoms with Crippen LogP contribution in [0.4, 0.5) is 0 Å². The molecule has 96 valence electrons. The van der Waals surface area contributed by atoms with E-state index in [1.807, 2.05) is 17.5 Å². The van der Waals surface area contributed by atoms with Crippen molar-refractivity contribution in [3.8, 4) is 0 Å². The van der Waals surface area contributed by atoms with E-state index in [0.717, 1.165) is 18.5 Å². The molecule has 5 heteroatoms. The summed E-state index contributed by atoms with van der Waals surface area (Å²) >= 11 is 1.84. The normalized spacial score (nSPS) is 28.8. The van der Waals surface area contributed by atoms with Crippen LogP contribution in [0.5, 0.6) is 0 Å². The standard InChI is InChI=1S/C12H19N3S.ClH/c1-9-14-6-11(16-9)8-15-5-3-12-10(7-15)2-4-13-12;/h6,10,12-13H,2-5,7-8H2,1H3;1H. The van der Waals surface area contributed by atoms with E-state index in [9.17, 15) is 0 Å². The molecule has 0 aromatic carbocycles. The smallest absolute Gasteiger partial charge is 0.0897 e. The summed E-state index contributed by atoms with van der Waals surface area (Å²) in [5.41, 5.74) is 0. The Kier molecular flexibility index (Phi) is 4.42. The summed E-state index contributed by atoms with van der Waals surface area (Å²) < 4.78 is 0. The number of nitrogens with one attached hydrogen (secondary N) is 1. The molecule has 3 nitrogen and oxygen atoms in total. The van der Waals surface area contributed by atoms with Gasteiger partial charge in [0.25, 0.3) is 0 Å². The van der Waals surface area contributed by atoms with Gasteiger partial charge < -0.3 is 5.32 Å². The first-order valence-corrected chi connectivity index (χ1v) is 7.00. The molecule has 2 aliphatic rings. The minimum absolute atomic E-state index is 0. The summed E-state index contributed by atoms with van der Waals surface area (Å²) in [7, 11) is 0. The number of aromatic nitrogens is 1. The molecule has 1 aromatic heterocycles. The molecule has 0 aliphatic carbocycles. The molecule has 0 radical (unpaired) electrons. The molecule has 1 N–H and O–H groups in total. The average Bonchev–Trinajstić information content (AvgIpc) is 2.87. The predicted octanol–water partition coefficient (Wildman–Crippen LogP) is 2.06. The van der Waals surface area contributed by atoms with Crippen molar-refractivity contribution in [1.82, 2.24) is 15.2 Å². The lowest BCUT2D eigenvalue weighted by Crippen LogP contribution is -2.43. The predicted molar refractivity (Wildman–Crippen MR) is 73.9 cm³/mol. The molecule has 0 bridgehead atoms. The topological polar surface area (TPSA) is 28.2 Å². The zero-order valence-electron chi connectivity index (χ0n) is 10.2. The van der Waals surface area contributed by atoms with Gasteiger partial charge >= 0.3 is 0 Å². The maximum absolute atomic E-state index is 4.33. The lowest BCUT2D eigenvalue weighted by atomic mass is 9.93. The molecule has 17 heavy (non-hydrogen) atoms. The number of rotatable bonds is 2. The fourth-order valence-electron chi connectivity index (χ4n) is 2.97. The highest BCUT2D eigenvalue weighted by Gasteiger charge is 2.32. The van der Waals surface area contributed by atoms with Crippen molar-refractivity contribution in [3.05, 3.63) is 16.1 Å².